The van der Waals surface area contributed by atoms with Gasteiger partial charge in [0.1, 0.15) is 16.0 Å². The summed E-state index contributed by atoms with van der Waals surface area (Å²) in [6.07, 6.45) is 4.71. The highest BCUT2D eigenvalue weighted by Gasteiger charge is 1.98. The summed E-state index contributed by atoms with van der Waals surface area (Å²) in [5, 5.41) is 12.5. The van der Waals surface area contributed by atoms with Gasteiger partial charge in [-0.1, -0.05) is 6.08 Å². The normalized spacial score (nSPS) is 11.0. The van der Waals surface area contributed by atoms with Crippen LogP contribution in [-0.2, 0) is 0 Å². The highest BCUT2D eigenvalue weighted by atomic mass is 79.9. The second-order valence-corrected chi connectivity index (χ2v) is 3.65. The zero-order chi connectivity index (χ0) is 10.4. The smallest absolute Gasteiger partial charge is 0.141 e. The quantitative estimate of drug-likeness (QED) is 0.641. The van der Waals surface area contributed by atoms with E-state index in [0.29, 0.717) is 5.69 Å². The Balaban J connectivity index is 2.65. The predicted molar refractivity (Wildman–Crippen MR) is 61.2 cm³/mol. The summed E-state index contributed by atoms with van der Waals surface area (Å²) in [4.78, 5) is 4.13. The van der Waals surface area contributed by atoms with Gasteiger partial charge in [-0.15, -0.1) is 0 Å². The molecule has 4 heteroatoms. The number of aromatic hydroxyl groups is 1. The number of hydrogen-bond donors (Lipinski definition) is 2. The molecule has 0 saturated heterocycles. The first kappa shape index (κ1) is 11.2. The van der Waals surface area contributed by atoms with Crippen molar-refractivity contribution in [2.24, 2.45) is 0 Å². The summed E-state index contributed by atoms with van der Waals surface area (Å²) in [5.74, 6) is 0.203. The molecule has 0 fully saturated rings. The van der Waals surface area contributed by atoms with Crippen molar-refractivity contribution in [2.75, 3.05) is 13.6 Å². The molecule has 0 amide bonds. The van der Waals surface area contributed by atoms with E-state index >= 15 is 0 Å². The van der Waals surface area contributed by atoms with Gasteiger partial charge in [-0.05, 0) is 54.2 Å². The molecule has 0 spiro atoms. The summed E-state index contributed by atoms with van der Waals surface area (Å²) in [5.41, 5.74) is 0.593. The fraction of sp³-hybridized carbons (Fsp3) is 0.300. The molecule has 0 radical (unpaired) electrons. The van der Waals surface area contributed by atoms with E-state index < -0.39 is 0 Å². The van der Waals surface area contributed by atoms with Crippen molar-refractivity contribution < 1.29 is 5.11 Å². The van der Waals surface area contributed by atoms with Crippen LogP contribution in [0.2, 0.25) is 0 Å². The van der Waals surface area contributed by atoms with Crippen molar-refractivity contribution in [3.05, 3.63) is 28.5 Å². The van der Waals surface area contributed by atoms with Crippen LogP contribution in [0.25, 0.3) is 6.08 Å². The van der Waals surface area contributed by atoms with Crippen LogP contribution in [0.4, 0.5) is 0 Å². The van der Waals surface area contributed by atoms with Crippen LogP contribution >= 0.6 is 15.9 Å². The van der Waals surface area contributed by atoms with Crippen LogP contribution in [0.3, 0.4) is 0 Å². The standard InChI is InChI=1S/C10H13BrN2O/c1-12-7-3-2-4-8-9(14)5-6-10(11)13-8/h2,4-6,12,14H,3,7H2,1H3. The largest absolute Gasteiger partial charge is 0.506 e. The number of pyridine rings is 1. The lowest BCUT2D eigenvalue weighted by Crippen LogP contribution is -2.05. The van der Waals surface area contributed by atoms with E-state index in [1.54, 1.807) is 12.1 Å². The Bertz CT molecular complexity index is 326. The van der Waals surface area contributed by atoms with E-state index in [-0.39, 0.29) is 5.75 Å². The van der Waals surface area contributed by atoms with Crippen LogP contribution in [-0.4, -0.2) is 23.7 Å². The van der Waals surface area contributed by atoms with Gasteiger partial charge in [0.2, 0.25) is 0 Å². The maximum atomic E-state index is 9.44. The zero-order valence-corrected chi connectivity index (χ0v) is 9.58. The third kappa shape index (κ3) is 3.47. The van der Waals surface area contributed by atoms with Crippen molar-refractivity contribution in [2.45, 2.75) is 6.42 Å². The Morgan fingerprint density at radius 1 is 1.57 bits per heavy atom. The number of halogens is 1. The maximum absolute atomic E-state index is 9.44. The Morgan fingerprint density at radius 2 is 2.36 bits per heavy atom. The molecule has 0 aliphatic heterocycles. The van der Waals surface area contributed by atoms with E-state index in [9.17, 15) is 5.11 Å². The summed E-state index contributed by atoms with van der Waals surface area (Å²) >= 11 is 3.25. The Labute approximate surface area is 92.0 Å². The molecule has 0 atom stereocenters. The van der Waals surface area contributed by atoms with Crippen LogP contribution in [0.5, 0.6) is 5.75 Å². The number of nitrogens with one attached hydrogen (secondary N) is 1. The average molecular weight is 257 g/mol. The number of aromatic nitrogens is 1. The van der Waals surface area contributed by atoms with E-state index in [2.05, 4.69) is 26.2 Å². The van der Waals surface area contributed by atoms with Gasteiger partial charge in [-0.3, -0.25) is 0 Å². The SMILES string of the molecule is CNCCC=Cc1nc(Br)ccc1O. The lowest BCUT2D eigenvalue weighted by molar-refractivity contribution is 0.471. The van der Waals surface area contributed by atoms with Gasteiger partial charge >= 0.3 is 0 Å². The fourth-order valence-electron chi connectivity index (χ4n) is 0.988. The Kier molecular flexibility index (Phi) is 4.62. The zero-order valence-electron chi connectivity index (χ0n) is 8.00. The molecule has 14 heavy (non-hydrogen) atoms. The molecule has 0 aliphatic carbocycles. The molecule has 0 aliphatic rings. The molecule has 1 aromatic heterocycles. The molecule has 3 nitrogen and oxygen atoms in total. The Hall–Kier alpha value is -0.870. The first-order valence-corrected chi connectivity index (χ1v) is 5.20. The van der Waals surface area contributed by atoms with Crippen LogP contribution in [0.15, 0.2) is 22.8 Å². The van der Waals surface area contributed by atoms with Gasteiger partial charge in [-0.25, -0.2) is 4.98 Å². The monoisotopic (exact) mass is 256 g/mol. The van der Waals surface area contributed by atoms with E-state index in [0.717, 1.165) is 17.6 Å². The summed E-state index contributed by atoms with van der Waals surface area (Å²) < 4.78 is 0.726. The fourth-order valence-corrected chi connectivity index (χ4v) is 1.31. The molecule has 0 aromatic carbocycles. The van der Waals surface area contributed by atoms with Gasteiger partial charge in [-0.2, -0.15) is 0 Å². The summed E-state index contributed by atoms with van der Waals surface area (Å²) in [6, 6.07) is 3.33. The van der Waals surface area contributed by atoms with Gasteiger partial charge in [0.25, 0.3) is 0 Å². The topological polar surface area (TPSA) is 45.2 Å². The van der Waals surface area contributed by atoms with E-state index in [4.69, 9.17) is 0 Å². The van der Waals surface area contributed by atoms with E-state index in [1.165, 1.54) is 0 Å². The Morgan fingerprint density at radius 3 is 3.07 bits per heavy atom. The van der Waals surface area contributed by atoms with Crippen molar-refractivity contribution in [1.82, 2.24) is 10.3 Å². The lowest BCUT2D eigenvalue weighted by atomic mass is 10.3. The molecule has 0 bridgehead atoms. The summed E-state index contributed by atoms with van der Waals surface area (Å²) in [6.45, 7) is 0.922. The van der Waals surface area contributed by atoms with Gasteiger partial charge < -0.3 is 10.4 Å². The van der Waals surface area contributed by atoms with E-state index in [1.807, 2.05) is 19.2 Å². The molecule has 2 N–H and O–H groups in total. The first-order valence-electron chi connectivity index (χ1n) is 4.40. The second-order valence-electron chi connectivity index (χ2n) is 2.83. The minimum atomic E-state index is 0.203. The molecule has 0 saturated carbocycles. The van der Waals surface area contributed by atoms with Crippen LogP contribution < -0.4 is 5.32 Å². The summed E-state index contributed by atoms with van der Waals surface area (Å²) in [7, 11) is 1.91. The molecule has 1 rings (SSSR count). The molecule has 1 heterocycles. The first-order chi connectivity index (χ1) is 6.74. The van der Waals surface area contributed by atoms with Crippen molar-refractivity contribution in [3.63, 3.8) is 0 Å². The third-order valence-corrected chi connectivity index (χ3v) is 2.15. The highest BCUT2D eigenvalue weighted by molar-refractivity contribution is 9.10. The lowest BCUT2D eigenvalue weighted by Gasteiger charge is -1.98. The predicted octanol–water partition coefficient (Wildman–Crippen LogP) is 2.17. The number of rotatable bonds is 4. The molecular weight excluding hydrogens is 244 g/mol. The third-order valence-electron chi connectivity index (χ3n) is 1.71. The second kappa shape index (κ2) is 5.78. The molecule has 76 valence electrons. The van der Waals surface area contributed by atoms with Gasteiger partial charge in [0, 0.05) is 0 Å². The van der Waals surface area contributed by atoms with Crippen molar-refractivity contribution in [1.29, 1.82) is 0 Å². The molecule has 1 aromatic rings. The van der Waals surface area contributed by atoms with Crippen molar-refractivity contribution in [3.8, 4) is 5.75 Å². The van der Waals surface area contributed by atoms with Crippen LogP contribution in [0, 0.1) is 0 Å². The molecule has 0 unspecified atom stereocenters. The number of hydrogen-bond acceptors (Lipinski definition) is 3. The maximum Gasteiger partial charge on any atom is 0.141 e. The van der Waals surface area contributed by atoms with Crippen LogP contribution in [0.1, 0.15) is 12.1 Å². The number of nitrogens with zero attached hydrogens (tertiary/aromatic N) is 1. The minimum absolute atomic E-state index is 0.203. The van der Waals surface area contributed by atoms with Gasteiger partial charge in [0.05, 0.1) is 0 Å². The van der Waals surface area contributed by atoms with Gasteiger partial charge in [0.15, 0.2) is 0 Å². The highest BCUT2D eigenvalue weighted by Crippen LogP contribution is 2.18. The minimum Gasteiger partial charge on any atom is -0.506 e. The average Bonchev–Trinajstić information content (AvgIpc) is 2.18. The molecular formula is C10H13BrN2O. The van der Waals surface area contributed by atoms with Crippen molar-refractivity contribution >= 4 is 22.0 Å².